The Morgan fingerprint density at radius 3 is 2.38 bits per heavy atom. The van der Waals surface area contributed by atoms with Crippen molar-refractivity contribution in [2.45, 2.75) is 40.0 Å². The van der Waals surface area contributed by atoms with Crippen LogP contribution < -0.4 is 4.57 Å². The zero-order chi connectivity index (χ0) is 17.5. The molecule has 3 aromatic rings. The van der Waals surface area contributed by atoms with Gasteiger partial charge >= 0.3 is 0 Å². The summed E-state index contributed by atoms with van der Waals surface area (Å²) in [5.74, 6) is 1.96. The van der Waals surface area contributed by atoms with Crippen molar-refractivity contribution < 1.29 is 4.57 Å². The molecule has 0 bridgehead atoms. The molecule has 4 heteroatoms. The average Bonchev–Trinajstić information content (AvgIpc) is 2.93. The summed E-state index contributed by atoms with van der Waals surface area (Å²) in [5.41, 5.74) is 4.88. The van der Waals surface area contributed by atoms with E-state index in [1.165, 1.54) is 16.7 Å². The lowest BCUT2D eigenvalue weighted by Crippen LogP contribution is -2.36. The Balaban J connectivity index is 2.34. The molecule has 24 heavy (non-hydrogen) atoms. The van der Waals surface area contributed by atoms with Gasteiger partial charge in [-0.15, -0.1) is 0 Å². The van der Waals surface area contributed by atoms with Crippen molar-refractivity contribution in [2.24, 2.45) is 7.05 Å². The average molecular weight is 321 g/mol. The lowest BCUT2D eigenvalue weighted by molar-refractivity contribution is -0.606. The first-order valence-corrected chi connectivity index (χ1v) is 8.25. The minimum absolute atomic E-state index is 0.0546. The molecule has 0 saturated carbocycles. The van der Waals surface area contributed by atoms with Gasteiger partial charge in [0, 0.05) is 43.6 Å². The van der Waals surface area contributed by atoms with Crippen LogP contribution in [0.3, 0.4) is 0 Å². The molecule has 1 aromatic carbocycles. The van der Waals surface area contributed by atoms with Crippen molar-refractivity contribution in [3.8, 4) is 17.1 Å². The number of benzene rings is 1. The zero-order valence-electron chi connectivity index (χ0n) is 15.3. The summed E-state index contributed by atoms with van der Waals surface area (Å²) < 4.78 is 4.22. The molecule has 0 N–H and O–H groups in total. The first-order valence-electron chi connectivity index (χ1n) is 8.25. The molecule has 2 heterocycles. The van der Waals surface area contributed by atoms with E-state index in [1.54, 1.807) is 0 Å². The third-order valence-corrected chi connectivity index (χ3v) is 4.50. The van der Waals surface area contributed by atoms with Gasteiger partial charge in [0.25, 0.3) is 5.82 Å². The number of aryl methyl sites for hydroxylation is 2. The Hall–Kier alpha value is -2.49. The summed E-state index contributed by atoms with van der Waals surface area (Å²) >= 11 is 0. The minimum Gasteiger partial charge on any atom is -0.334 e. The van der Waals surface area contributed by atoms with Crippen molar-refractivity contribution >= 4 is 0 Å². The predicted molar refractivity (Wildman–Crippen MR) is 96.1 cm³/mol. The first kappa shape index (κ1) is 16.4. The molecular weight excluding hydrogens is 296 g/mol. The second-order valence-corrected chi connectivity index (χ2v) is 7.32. The number of aromatic nitrogens is 4. The van der Waals surface area contributed by atoms with Gasteiger partial charge in [-0.05, 0) is 30.0 Å². The van der Waals surface area contributed by atoms with E-state index in [0.29, 0.717) is 0 Å². The molecule has 4 nitrogen and oxygen atoms in total. The van der Waals surface area contributed by atoms with Gasteiger partial charge in [-0.3, -0.25) is 0 Å². The van der Waals surface area contributed by atoms with Crippen LogP contribution >= 0.6 is 0 Å². The fraction of sp³-hybridized carbons (Fsp3) is 0.350. The van der Waals surface area contributed by atoms with Crippen LogP contribution in [0, 0.1) is 13.8 Å². The SMILES string of the molecule is Cc1c(-c2nccn2C)cc(C(C)(C)C)cc1-[n+]1cccnc1C. The predicted octanol–water partition coefficient (Wildman–Crippen LogP) is 3.67. The van der Waals surface area contributed by atoms with Gasteiger partial charge in [0.15, 0.2) is 0 Å². The number of nitrogens with zero attached hydrogens (tertiary/aromatic N) is 4. The Morgan fingerprint density at radius 2 is 1.79 bits per heavy atom. The van der Waals surface area contributed by atoms with E-state index < -0.39 is 0 Å². The third kappa shape index (κ3) is 2.84. The third-order valence-electron chi connectivity index (χ3n) is 4.50. The van der Waals surface area contributed by atoms with Gasteiger partial charge in [-0.25, -0.2) is 9.55 Å². The molecule has 0 aliphatic rings. The van der Waals surface area contributed by atoms with E-state index in [9.17, 15) is 0 Å². The molecular formula is C20H25N4+. The fourth-order valence-corrected chi connectivity index (χ4v) is 2.94. The number of imidazole rings is 1. The van der Waals surface area contributed by atoms with Crippen molar-refractivity contribution in [3.05, 3.63) is 59.9 Å². The molecule has 0 aliphatic carbocycles. The normalized spacial score (nSPS) is 11.8. The lowest BCUT2D eigenvalue weighted by atomic mass is 9.84. The summed E-state index contributed by atoms with van der Waals surface area (Å²) in [5, 5.41) is 0. The van der Waals surface area contributed by atoms with E-state index in [4.69, 9.17) is 0 Å². The van der Waals surface area contributed by atoms with Crippen molar-refractivity contribution in [1.82, 2.24) is 14.5 Å². The largest absolute Gasteiger partial charge is 0.334 e. The summed E-state index contributed by atoms with van der Waals surface area (Å²) in [6, 6.07) is 6.51. The van der Waals surface area contributed by atoms with Crippen LogP contribution in [0.1, 0.15) is 37.7 Å². The number of hydrogen-bond acceptors (Lipinski definition) is 2. The minimum atomic E-state index is 0.0546. The second-order valence-electron chi connectivity index (χ2n) is 7.32. The van der Waals surface area contributed by atoms with Gasteiger partial charge < -0.3 is 4.57 Å². The monoisotopic (exact) mass is 321 g/mol. The highest BCUT2D eigenvalue weighted by Crippen LogP contribution is 2.32. The fourth-order valence-electron chi connectivity index (χ4n) is 2.94. The van der Waals surface area contributed by atoms with Crippen LogP contribution in [-0.4, -0.2) is 14.5 Å². The van der Waals surface area contributed by atoms with Crippen LogP contribution in [0.15, 0.2) is 43.0 Å². The molecule has 0 saturated heterocycles. The molecule has 0 amide bonds. The maximum atomic E-state index is 4.57. The molecule has 0 unspecified atom stereocenters. The molecule has 124 valence electrons. The lowest BCUT2D eigenvalue weighted by Gasteiger charge is -2.22. The highest BCUT2D eigenvalue weighted by molar-refractivity contribution is 5.66. The second kappa shape index (κ2) is 5.86. The summed E-state index contributed by atoms with van der Waals surface area (Å²) in [7, 11) is 2.04. The van der Waals surface area contributed by atoms with Crippen molar-refractivity contribution in [1.29, 1.82) is 0 Å². The Morgan fingerprint density at radius 1 is 1.04 bits per heavy atom. The Kier molecular flexibility index (Phi) is 3.99. The van der Waals surface area contributed by atoms with Gasteiger partial charge in [-0.1, -0.05) is 25.8 Å². The van der Waals surface area contributed by atoms with Crippen LogP contribution in [-0.2, 0) is 12.5 Å². The molecule has 0 fully saturated rings. The molecule has 3 rings (SSSR count). The van der Waals surface area contributed by atoms with Gasteiger partial charge in [0.2, 0.25) is 0 Å². The molecule has 0 radical (unpaired) electrons. The molecule has 0 spiro atoms. The maximum Gasteiger partial charge on any atom is 0.300 e. The summed E-state index contributed by atoms with van der Waals surface area (Å²) in [4.78, 5) is 9.01. The van der Waals surface area contributed by atoms with E-state index in [1.807, 2.05) is 38.6 Å². The quantitative estimate of drug-likeness (QED) is 0.675. The maximum absolute atomic E-state index is 4.57. The summed E-state index contributed by atoms with van der Waals surface area (Å²) in [6.07, 6.45) is 7.73. The van der Waals surface area contributed by atoms with Crippen LogP contribution in [0.5, 0.6) is 0 Å². The van der Waals surface area contributed by atoms with Crippen molar-refractivity contribution in [3.63, 3.8) is 0 Å². The number of rotatable bonds is 2. The van der Waals surface area contributed by atoms with Crippen molar-refractivity contribution in [2.75, 3.05) is 0 Å². The molecule has 0 aliphatic heterocycles. The Labute approximate surface area is 143 Å². The molecule has 2 aromatic heterocycles. The summed E-state index contributed by atoms with van der Waals surface area (Å²) in [6.45, 7) is 10.9. The van der Waals surface area contributed by atoms with E-state index in [-0.39, 0.29) is 5.41 Å². The Bertz CT molecular complexity index is 885. The van der Waals surface area contributed by atoms with Crippen LogP contribution in [0.2, 0.25) is 0 Å². The topological polar surface area (TPSA) is 34.6 Å². The molecule has 0 atom stereocenters. The van der Waals surface area contributed by atoms with E-state index in [0.717, 1.165) is 17.3 Å². The van der Waals surface area contributed by atoms with Gasteiger partial charge in [0.05, 0.1) is 0 Å². The van der Waals surface area contributed by atoms with Gasteiger partial charge in [-0.2, -0.15) is 0 Å². The highest BCUT2D eigenvalue weighted by atomic mass is 15.0. The van der Waals surface area contributed by atoms with E-state index >= 15 is 0 Å². The van der Waals surface area contributed by atoms with E-state index in [2.05, 4.69) is 65.1 Å². The van der Waals surface area contributed by atoms with Crippen LogP contribution in [0.4, 0.5) is 0 Å². The zero-order valence-corrected chi connectivity index (χ0v) is 15.3. The first-order chi connectivity index (χ1) is 11.3. The van der Waals surface area contributed by atoms with Crippen LogP contribution in [0.25, 0.3) is 17.1 Å². The van der Waals surface area contributed by atoms with Gasteiger partial charge in [0.1, 0.15) is 23.9 Å². The number of hydrogen-bond donors (Lipinski definition) is 0. The standard InChI is InChI=1S/C20H25N4/c1-14-17(19-22-9-11-23(19)6)12-16(20(3,4)5)13-18(14)24-10-7-8-21-15(24)2/h7-13H,1-6H3/q+1. The highest BCUT2D eigenvalue weighted by Gasteiger charge is 2.23. The smallest absolute Gasteiger partial charge is 0.300 e.